The van der Waals surface area contributed by atoms with Crippen LogP contribution in [0.5, 0.6) is 0 Å². The van der Waals surface area contributed by atoms with Crippen LogP contribution in [-0.2, 0) is 32.2 Å². The Bertz CT molecular complexity index is 1550. The lowest BCUT2D eigenvalue weighted by molar-refractivity contribution is -0.245. The normalized spacial score (nSPS) is 17.9. The molecule has 0 spiro atoms. The smallest absolute Gasteiger partial charge is 0.243 e. The van der Waals surface area contributed by atoms with Crippen molar-refractivity contribution < 1.29 is 29.4 Å². The van der Waals surface area contributed by atoms with E-state index in [2.05, 4.69) is 16.4 Å². The summed E-state index contributed by atoms with van der Waals surface area (Å²) in [6.45, 7) is 0.354. The summed E-state index contributed by atoms with van der Waals surface area (Å²) in [6.07, 6.45) is 2.29. The van der Waals surface area contributed by atoms with Gasteiger partial charge in [0.2, 0.25) is 11.8 Å². The van der Waals surface area contributed by atoms with Crippen molar-refractivity contribution in [1.82, 2.24) is 15.8 Å². The number of hydroxylamine groups is 1. The zero-order chi connectivity index (χ0) is 31.4. The average molecular weight is 628 g/mol. The molecule has 234 valence electrons. The van der Waals surface area contributed by atoms with Crippen LogP contribution < -0.4 is 10.8 Å². The minimum Gasteiger partial charge on any atom is -0.392 e. The molecule has 0 saturated carbocycles. The largest absolute Gasteiger partial charge is 0.392 e. The molecule has 2 amide bonds. The maximum atomic E-state index is 12.2. The van der Waals surface area contributed by atoms with E-state index in [-0.39, 0.29) is 37.6 Å². The number of benzene rings is 3. The molecule has 0 bridgehead atoms. The van der Waals surface area contributed by atoms with Gasteiger partial charge in [0.15, 0.2) is 6.29 Å². The first-order valence-electron chi connectivity index (χ1n) is 14.9. The van der Waals surface area contributed by atoms with Crippen LogP contribution >= 0.6 is 11.8 Å². The van der Waals surface area contributed by atoms with Crippen molar-refractivity contribution in [2.75, 3.05) is 5.75 Å². The van der Waals surface area contributed by atoms with Crippen molar-refractivity contribution in [3.63, 3.8) is 0 Å². The lowest BCUT2D eigenvalue weighted by atomic mass is 9.99. The van der Waals surface area contributed by atoms with Gasteiger partial charge in [-0.05, 0) is 58.5 Å². The molecule has 4 aromatic rings. The van der Waals surface area contributed by atoms with Crippen LogP contribution in [0.4, 0.5) is 0 Å². The molecule has 3 atom stereocenters. The monoisotopic (exact) mass is 627 g/mol. The number of carbonyl (C=O) groups is 2. The van der Waals surface area contributed by atoms with Crippen LogP contribution in [-0.4, -0.2) is 39.0 Å². The molecule has 0 radical (unpaired) electrons. The highest BCUT2D eigenvalue weighted by molar-refractivity contribution is 7.99. The molecule has 1 fully saturated rings. The van der Waals surface area contributed by atoms with E-state index in [1.54, 1.807) is 23.4 Å². The first-order chi connectivity index (χ1) is 22.0. The Labute approximate surface area is 267 Å². The maximum absolute atomic E-state index is 12.2. The zero-order valence-corrected chi connectivity index (χ0v) is 25.6. The Balaban J connectivity index is 1.28. The van der Waals surface area contributed by atoms with Crippen molar-refractivity contribution in [3.05, 3.63) is 119 Å². The SMILES string of the molecule is O=C(CCCC(=O)NCc1cccc(-c2cccc(C3OC(CSc4ccccn4)CC(c4ccc(CO)cc4)O3)c2)c1)NO. The van der Waals surface area contributed by atoms with Crippen molar-refractivity contribution >= 4 is 23.6 Å². The van der Waals surface area contributed by atoms with Gasteiger partial charge in [-0.15, -0.1) is 11.8 Å². The molecular weight excluding hydrogens is 590 g/mol. The summed E-state index contributed by atoms with van der Waals surface area (Å²) < 4.78 is 13.1. The summed E-state index contributed by atoms with van der Waals surface area (Å²) in [5.74, 6) is 0.0633. The van der Waals surface area contributed by atoms with Gasteiger partial charge in [-0.2, -0.15) is 0 Å². The molecule has 1 saturated heterocycles. The second-order valence-electron chi connectivity index (χ2n) is 10.8. The molecule has 4 N–H and O–H groups in total. The van der Waals surface area contributed by atoms with Gasteiger partial charge in [-0.25, -0.2) is 10.5 Å². The number of aliphatic hydroxyl groups is 1. The topological polar surface area (TPSA) is 130 Å². The Kier molecular flexibility index (Phi) is 11.7. The highest BCUT2D eigenvalue weighted by Gasteiger charge is 2.32. The van der Waals surface area contributed by atoms with Crippen LogP contribution in [0.2, 0.25) is 0 Å². The van der Waals surface area contributed by atoms with Crippen LogP contribution in [0, 0.1) is 0 Å². The quantitative estimate of drug-likeness (QED) is 0.0823. The first kappa shape index (κ1) is 32.3. The number of carbonyl (C=O) groups excluding carboxylic acids is 2. The third-order valence-electron chi connectivity index (χ3n) is 7.51. The van der Waals surface area contributed by atoms with Crippen molar-refractivity contribution in [1.29, 1.82) is 0 Å². The lowest BCUT2D eigenvalue weighted by Crippen LogP contribution is -2.31. The van der Waals surface area contributed by atoms with E-state index in [1.807, 2.05) is 84.9 Å². The summed E-state index contributed by atoms with van der Waals surface area (Å²) in [5.41, 5.74) is 7.31. The Morgan fingerprint density at radius 3 is 2.38 bits per heavy atom. The number of rotatable bonds is 13. The standard InChI is InChI=1S/C35H37N3O6S/c39-22-24-13-15-26(16-14-24)31-20-30(23-45-34-12-1-2-17-36-34)43-35(44-31)29-9-4-8-28(19-29)27-7-3-6-25(18-27)21-37-32(40)10-5-11-33(41)38-42/h1-4,6-9,12-19,30-31,35,39,42H,5,10-11,20-23H2,(H,37,40)(H,38,41). The average Bonchev–Trinajstić information content (AvgIpc) is 3.10. The van der Waals surface area contributed by atoms with Gasteiger partial charge in [0.25, 0.3) is 0 Å². The summed E-state index contributed by atoms with van der Waals surface area (Å²) in [4.78, 5) is 27.8. The predicted molar refractivity (Wildman–Crippen MR) is 171 cm³/mol. The predicted octanol–water partition coefficient (Wildman–Crippen LogP) is 5.87. The fourth-order valence-corrected chi connectivity index (χ4v) is 6.00. The van der Waals surface area contributed by atoms with Crippen LogP contribution in [0.25, 0.3) is 11.1 Å². The molecule has 1 aliphatic rings. The zero-order valence-electron chi connectivity index (χ0n) is 24.8. The molecule has 9 nitrogen and oxygen atoms in total. The fraction of sp³-hybridized carbons (Fsp3) is 0.286. The molecule has 45 heavy (non-hydrogen) atoms. The lowest BCUT2D eigenvalue weighted by Gasteiger charge is -2.36. The summed E-state index contributed by atoms with van der Waals surface area (Å²) in [6, 6.07) is 29.8. The third kappa shape index (κ3) is 9.46. The number of aliphatic hydroxyl groups excluding tert-OH is 1. The van der Waals surface area contributed by atoms with Crippen molar-refractivity contribution in [2.45, 2.75) is 62.4 Å². The maximum Gasteiger partial charge on any atom is 0.243 e. The number of pyridine rings is 1. The molecule has 5 rings (SSSR count). The number of nitrogens with one attached hydrogen (secondary N) is 2. The van der Waals surface area contributed by atoms with Gasteiger partial charge in [-0.3, -0.25) is 14.8 Å². The van der Waals surface area contributed by atoms with Crippen molar-refractivity contribution in [2.24, 2.45) is 0 Å². The number of aromatic nitrogens is 1. The fourth-order valence-electron chi connectivity index (χ4n) is 5.11. The van der Waals surface area contributed by atoms with E-state index in [1.165, 1.54) is 0 Å². The van der Waals surface area contributed by atoms with Crippen LogP contribution in [0.1, 0.15) is 60.3 Å². The minimum atomic E-state index is -0.578. The number of amides is 2. The second-order valence-corrected chi connectivity index (χ2v) is 11.9. The van der Waals surface area contributed by atoms with Gasteiger partial charge >= 0.3 is 0 Å². The summed E-state index contributed by atoms with van der Waals surface area (Å²) in [7, 11) is 0. The van der Waals surface area contributed by atoms with Gasteiger partial charge in [0, 0.05) is 43.3 Å². The molecule has 2 heterocycles. The van der Waals surface area contributed by atoms with E-state index < -0.39 is 12.2 Å². The number of nitrogens with zero attached hydrogens (tertiary/aromatic N) is 1. The number of thioether (sulfide) groups is 1. The molecular formula is C35H37N3O6S. The van der Waals surface area contributed by atoms with Gasteiger partial charge in [-0.1, -0.05) is 66.7 Å². The Morgan fingerprint density at radius 2 is 1.62 bits per heavy atom. The number of hydrogen-bond acceptors (Lipinski definition) is 8. The molecule has 10 heteroatoms. The molecule has 1 aliphatic heterocycles. The number of ether oxygens (including phenoxy) is 2. The van der Waals surface area contributed by atoms with Crippen molar-refractivity contribution in [3.8, 4) is 11.1 Å². The van der Waals surface area contributed by atoms with Crippen LogP contribution in [0.15, 0.2) is 102 Å². The Hall–Kier alpha value is -4.06. The summed E-state index contributed by atoms with van der Waals surface area (Å²) in [5, 5.41) is 21.9. The minimum absolute atomic E-state index is 0.00719. The number of hydrogen-bond donors (Lipinski definition) is 4. The molecule has 1 aromatic heterocycles. The molecule has 3 aromatic carbocycles. The second kappa shape index (κ2) is 16.3. The van der Waals surface area contributed by atoms with Gasteiger partial charge < -0.3 is 19.9 Å². The molecule has 0 aliphatic carbocycles. The summed E-state index contributed by atoms with van der Waals surface area (Å²) >= 11 is 1.66. The van der Waals surface area contributed by atoms with E-state index in [0.717, 1.165) is 44.2 Å². The van der Waals surface area contributed by atoms with Gasteiger partial charge in [0.05, 0.1) is 23.8 Å². The highest BCUT2D eigenvalue weighted by atomic mass is 32.2. The van der Waals surface area contributed by atoms with E-state index in [0.29, 0.717) is 19.4 Å². The van der Waals surface area contributed by atoms with E-state index in [9.17, 15) is 14.7 Å². The highest BCUT2D eigenvalue weighted by Crippen LogP contribution is 2.40. The van der Waals surface area contributed by atoms with E-state index in [4.69, 9.17) is 14.7 Å². The Morgan fingerprint density at radius 1 is 0.844 bits per heavy atom. The third-order valence-corrected chi connectivity index (χ3v) is 8.59. The van der Waals surface area contributed by atoms with E-state index >= 15 is 0 Å². The van der Waals surface area contributed by atoms with Gasteiger partial charge in [0.1, 0.15) is 0 Å². The first-order valence-corrected chi connectivity index (χ1v) is 15.9. The molecule has 3 unspecified atom stereocenters. The van der Waals surface area contributed by atoms with Crippen LogP contribution in [0.3, 0.4) is 0 Å².